The highest BCUT2D eigenvalue weighted by Gasteiger charge is 2.44. The molecular formula is C29H37N3O4S. The summed E-state index contributed by atoms with van der Waals surface area (Å²) in [7, 11) is 0. The summed E-state index contributed by atoms with van der Waals surface area (Å²) in [5.41, 5.74) is 9.73. The number of anilines is 1. The number of carbonyl (C=O) groups is 1. The highest BCUT2D eigenvalue weighted by atomic mass is 32.2. The van der Waals surface area contributed by atoms with Crippen molar-refractivity contribution in [2.24, 2.45) is 5.92 Å². The van der Waals surface area contributed by atoms with Gasteiger partial charge >= 0.3 is 5.97 Å². The maximum atomic E-state index is 13.4. The Kier molecular flexibility index (Phi) is 7.36. The number of nitrogen functional groups attached to an aromatic ring is 1. The van der Waals surface area contributed by atoms with Gasteiger partial charge in [0.05, 0.1) is 12.1 Å². The number of esters is 1. The SMILES string of the molecule is Cc1cc(SC2=C(O)CC(CCc3cccc4[nH]nc(N)c34)(C(C)C)OC2=O)c(C(C)(C)C)cc1CO. The molecule has 0 radical (unpaired) electrons. The van der Waals surface area contributed by atoms with Gasteiger partial charge in [0.2, 0.25) is 0 Å². The highest BCUT2D eigenvalue weighted by Crippen LogP contribution is 2.45. The largest absolute Gasteiger partial charge is 0.511 e. The van der Waals surface area contributed by atoms with Crippen LogP contribution in [0.5, 0.6) is 0 Å². The van der Waals surface area contributed by atoms with Crippen molar-refractivity contribution in [3.05, 3.63) is 63.2 Å². The molecule has 37 heavy (non-hydrogen) atoms. The number of nitrogens with one attached hydrogen (secondary N) is 1. The van der Waals surface area contributed by atoms with Crippen molar-refractivity contribution in [2.45, 2.75) is 83.3 Å². The minimum atomic E-state index is -0.838. The lowest BCUT2D eigenvalue weighted by molar-refractivity contribution is -0.164. The summed E-state index contributed by atoms with van der Waals surface area (Å²) in [6, 6.07) is 9.86. The molecule has 0 spiro atoms. The molecule has 1 aliphatic rings. The fraction of sp³-hybridized carbons (Fsp3) is 0.448. The monoisotopic (exact) mass is 523 g/mol. The quantitative estimate of drug-likeness (QED) is 0.277. The number of thioether (sulfide) groups is 1. The smallest absolute Gasteiger partial charge is 0.349 e. The lowest BCUT2D eigenvalue weighted by atomic mass is 9.80. The van der Waals surface area contributed by atoms with Gasteiger partial charge in [0.25, 0.3) is 0 Å². The Morgan fingerprint density at radius 3 is 2.59 bits per heavy atom. The standard InChI is InChI=1S/C29H37N3O4S/c1-16(2)29(11-10-18-8-7-9-21-24(18)26(30)32-31-21)14-22(34)25(27(35)36-29)37-23-12-17(3)19(15-33)13-20(23)28(4,5)6/h7-9,12-13,16,33-34H,10-11,14-15H2,1-6H3,(H3,30,31,32). The number of rotatable bonds is 7. The number of cyclic esters (lactones) is 1. The maximum absolute atomic E-state index is 13.4. The summed E-state index contributed by atoms with van der Waals surface area (Å²) in [4.78, 5) is 14.5. The molecule has 2 aromatic carbocycles. The fourth-order valence-corrected chi connectivity index (χ4v) is 6.25. The van der Waals surface area contributed by atoms with Crippen LogP contribution in [0.25, 0.3) is 10.9 Å². The third kappa shape index (κ3) is 5.22. The Bertz CT molecular complexity index is 1370. The van der Waals surface area contributed by atoms with Crippen LogP contribution >= 0.6 is 11.8 Å². The number of carbonyl (C=O) groups excluding carboxylic acids is 1. The number of aromatic nitrogens is 2. The number of aromatic amines is 1. The van der Waals surface area contributed by atoms with Crippen LogP contribution in [0.15, 0.2) is 45.9 Å². The molecule has 8 heteroatoms. The molecule has 0 saturated heterocycles. The summed E-state index contributed by atoms with van der Waals surface area (Å²) in [5.74, 6) is -0.0161. The van der Waals surface area contributed by atoms with Crippen LogP contribution in [-0.2, 0) is 28.0 Å². The van der Waals surface area contributed by atoms with Gasteiger partial charge in [0, 0.05) is 16.7 Å². The van der Waals surface area contributed by atoms with Gasteiger partial charge < -0.3 is 20.7 Å². The first-order valence-electron chi connectivity index (χ1n) is 12.7. The van der Waals surface area contributed by atoms with Gasteiger partial charge in [0.1, 0.15) is 16.3 Å². The number of H-pyrrole nitrogens is 1. The number of hydrogen-bond acceptors (Lipinski definition) is 7. The number of aliphatic hydroxyl groups excluding tert-OH is 2. The van der Waals surface area contributed by atoms with E-state index in [-0.39, 0.29) is 35.0 Å². The number of nitrogens with two attached hydrogens (primary N) is 1. The van der Waals surface area contributed by atoms with E-state index in [1.165, 1.54) is 11.8 Å². The highest BCUT2D eigenvalue weighted by molar-refractivity contribution is 8.04. The van der Waals surface area contributed by atoms with Crippen LogP contribution in [0.3, 0.4) is 0 Å². The fourth-order valence-electron chi connectivity index (χ4n) is 5.00. The van der Waals surface area contributed by atoms with E-state index in [4.69, 9.17) is 10.5 Å². The van der Waals surface area contributed by atoms with Gasteiger partial charge in [-0.1, -0.05) is 64.6 Å². The predicted molar refractivity (Wildman–Crippen MR) is 148 cm³/mol. The Morgan fingerprint density at radius 2 is 1.97 bits per heavy atom. The molecular weight excluding hydrogens is 486 g/mol. The van der Waals surface area contributed by atoms with Crippen LogP contribution in [0.1, 0.15) is 69.7 Å². The van der Waals surface area contributed by atoms with E-state index in [9.17, 15) is 15.0 Å². The van der Waals surface area contributed by atoms with E-state index in [2.05, 4.69) is 31.0 Å². The van der Waals surface area contributed by atoms with Crippen LogP contribution in [-0.4, -0.2) is 32.0 Å². The molecule has 0 aliphatic carbocycles. The van der Waals surface area contributed by atoms with Crippen molar-refractivity contribution in [1.29, 1.82) is 0 Å². The summed E-state index contributed by atoms with van der Waals surface area (Å²) < 4.78 is 6.16. The zero-order valence-corrected chi connectivity index (χ0v) is 23.3. The molecule has 0 amide bonds. The van der Waals surface area contributed by atoms with Crippen molar-refractivity contribution < 1.29 is 19.7 Å². The molecule has 7 nitrogen and oxygen atoms in total. The minimum absolute atomic E-state index is 0.0118. The molecule has 1 unspecified atom stereocenters. The van der Waals surface area contributed by atoms with Gasteiger partial charge in [-0.3, -0.25) is 5.10 Å². The second-order valence-corrected chi connectivity index (χ2v) is 12.3. The normalized spacial score (nSPS) is 18.6. The van der Waals surface area contributed by atoms with Crippen LogP contribution in [0.2, 0.25) is 0 Å². The molecule has 1 aliphatic heterocycles. The molecule has 4 rings (SSSR count). The molecule has 1 atom stereocenters. The Morgan fingerprint density at radius 1 is 1.24 bits per heavy atom. The van der Waals surface area contributed by atoms with Gasteiger partial charge in [-0.25, -0.2) is 4.79 Å². The van der Waals surface area contributed by atoms with Crippen molar-refractivity contribution in [3.8, 4) is 0 Å². The third-order valence-corrected chi connectivity index (χ3v) is 8.58. The number of hydrogen-bond donors (Lipinski definition) is 4. The molecule has 2 heterocycles. The first-order valence-corrected chi connectivity index (χ1v) is 13.5. The minimum Gasteiger partial charge on any atom is -0.511 e. The summed E-state index contributed by atoms with van der Waals surface area (Å²) >= 11 is 1.24. The summed E-state index contributed by atoms with van der Waals surface area (Å²) in [5, 5.41) is 28.9. The van der Waals surface area contributed by atoms with E-state index < -0.39 is 11.6 Å². The Labute approximate surface area is 222 Å². The summed E-state index contributed by atoms with van der Waals surface area (Å²) in [6.07, 6.45) is 1.41. The van der Waals surface area contributed by atoms with E-state index in [0.717, 1.165) is 38.1 Å². The molecule has 0 bridgehead atoms. The summed E-state index contributed by atoms with van der Waals surface area (Å²) in [6.45, 7) is 12.2. The van der Waals surface area contributed by atoms with Crippen molar-refractivity contribution in [2.75, 3.05) is 5.73 Å². The number of aliphatic hydroxyl groups is 2. The topological polar surface area (TPSA) is 121 Å². The molecule has 0 saturated carbocycles. The van der Waals surface area contributed by atoms with Crippen LogP contribution < -0.4 is 5.73 Å². The van der Waals surface area contributed by atoms with E-state index >= 15 is 0 Å². The van der Waals surface area contributed by atoms with Crippen LogP contribution in [0, 0.1) is 12.8 Å². The van der Waals surface area contributed by atoms with Crippen molar-refractivity contribution >= 4 is 34.5 Å². The molecule has 0 fully saturated rings. The zero-order valence-electron chi connectivity index (χ0n) is 22.4. The average Bonchev–Trinajstić information content (AvgIpc) is 3.20. The average molecular weight is 524 g/mol. The van der Waals surface area contributed by atoms with Gasteiger partial charge in [-0.05, 0) is 65.5 Å². The molecule has 5 N–H and O–H groups in total. The number of ether oxygens (including phenoxy) is 1. The lowest BCUT2D eigenvalue weighted by Crippen LogP contribution is -2.44. The van der Waals surface area contributed by atoms with Crippen molar-refractivity contribution in [3.63, 3.8) is 0 Å². The lowest BCUT2D eigenvalue weighted by Gasteiger charge is -2.40. The molecule has 1 aromatic heterocycles. The second kappa shape index (κ2) is 10.1. The Balaban J connectivity index is 1.65. The second-order valence-electron chi connectivity index (χ2n) is 11.3. The number of benzene rings is 2. The Hall–Kier alpha value is -2.97. The first kappa shape index (κ1) is 27.1. The molecule has 198 valence electrons. The number of aryl methyl sites for hydroxylation is 2. The van der Waals surface area contributed by atoms with Gasteiger partial charge in [-0.15, -0.1) is 0 Å². The van der Waals surface area contributed by atoms with E-state index in [0.29, 0.717) is 18.7 Å². The zero-order chi connectivity index (χ0) is 27.1. The number of fused-ring (bicyclic) bond motifs is 1. The third-order valence-electron chi connectivity index (χ3n) is 7.41. The predicted octanol–water partition coefficient (Wildman–Crippen LogP) is 6.08. The van der Waals surface area contributed by atoms with Crippen molar-refractivity contribution in [1.82, 2.24) is 10.2 Å². The van der Waals surface area contributed by atoms with Gasteiger partial charge in [-0.2, -0.15) is 5.10 Å². The molecule has 3 aromatic rings. The van der Waals surface area contributed by atoms with E-state index in [1.54, 1.807) is 0 Å². The van der Waals surface area contributed by atoms with E-state index in [1.807, 2.05) is 51.1 Å². The number of nitrogens with zero attached hydrogens (tertiary/aromatic N) is 1. The van der Waals surface area contributed by atoms with Gasteiger partial charge in [0.15, 0.2) is 5.82 Å². The first-order chi connectivity index (χ1) is 17.4. The maximum Gasteiger partial charge on any atom is 0.349 e. The van der Waals surface area contributed by atoms with Crippen LogP contribution in [0.4, 0.5) is 5.82 Å².